The summed E-state index contributed by atoms with van der Waals surface area (Å²) in [5.74, 6) is -1.22. The number of hydrogen-bond donors (Lipinski definition) is 2. The Bertz CT molecular complexity index is 2010. The van der Waals surface area contributed by atoms with Gasteiger partial charge in [-0.3, -0.25) is 4.79 Å². The monoisotopic (exact) mass is 661 g/mol. The van der Waals surface area contributed by atoms with Crippen molar-refractivity contribution in [3.8, 4) is 0 Å². The van der Waals surface area contributed by atoms with Crippen LogP contribution >= 0.6 is 0 Å². The minimum absolute atomic E-state index is 0.0931. The van der Waals surface area contributed by atoms with E-state index in [9.17, 15) is 29.1 Å². The Morgan fingerprint density at radius 3 is 2.43 bits per heavy atom. The topological polar surface area (TPSA) is 126 Å². The first-order valence-corrected chi connectivity index (χ1v) is 16.0. The number of carbonyl (C=O) groups excluding carboxylic acids is 2. The largest absolute Gasteiger partial charge is 0.603 e. The second-order valence-corrected chi connectivity index (χ2v) is 12.3. The van der Waals surface area contributed by atoms with Gasteiger partial charge in [-0.1, -0.05) is 60.7 Å². The molecule has 1 saturated heterocycles. The van der Waals surface area contributed by atoms with Gasteiger partial charge in [-0.2, -0.15) is 0 Å². The van der Waals surface area contributed by atoms with Gasteiger partial charge < -0.3 is 20.5 Å². The standard InChI is InChI=1S/C38H36FN5O5/c1-25(27-8-4-3-5-9-27)44(49,42(2)23-26-12-16-31(39)17-13-26)37(46)29-14-18-34-28(22-29)15-19-35(40-34)41-36(45)33-11-7-6-10-32(33)30-20-21-43(24-30)38(47)48/h3-19,22,25,30H,20-21,23-24H2,1-2H3,(H,47,48)(H,40,41,45). The van der Waals surface area contributed by atoms with Crippen LogP contribution in [0.2, 0.25) is 0 Å². The van der Waals surface area contributed by atoms with Gasteiger partial charge in [-0.05, 0) is 73.0 Å². The molecule has 1 aliphatic heterocycles. The van der Waals surface area contributed by atoms with Gasteiger partial charge in [0.05, 0.1) is 17.6 Å². The average molecular weight is 662 g/mol. The van der Waals surface area contributed by atoms with Crippen molar-refractivity contribution in [2.45, 2.75) is 31.8 Å². The molecule has 1 aromatic heterocycles. The number of amides is 3. The van der Waals surface area contributed by atoms with Gasteiger partial charge in [0.2, 0.25) is 0 Å². The van der Waals surface area contributed by atoms with E-state index in [1.807, 2.05) is 42.5 Å². The van der Waals surface area contributed by atoms with E-state index in [-0.39, 0.29) is 23.9 Å². The second kappa shape index (κ2) is 13.9. The lowest BCUT2D eigenvalue weighted by Crippen LogP contribution is -2.58. The third-order valence-electron chi connectivity index (χ3n) is 9.21. The van der Waals surface area contributed by atoms with Crippen molar-refractivity contribution in [3.05, 3.63) is 148 Å². The molecule has 0 spiro atoms. The molecule has 6 rings (SSSR count). The quantitative estimate of drug-likeness (QED) is 0.125. The van der Waals surface area contributed by atoms with Crippen LogP contribution in [0.4, 0.5) is 15.0 Å². The fraction of sp³-hybridized carbons (Fsp3) is 0.211. The summed E-state index contributed by atoms with van der Waals surface area (Å²) in [6.45, 7) is 2.55. The summed E-state index contributed by atoms with van der Waals surface area (Å²) in [6.07, 6.45) is -0.348. The molecule has 0 aliphatic carbocycles. The number of hydrogen-bond acceptors (Lipinski definition) is 6. The molecule has 10 nitrogen and oxygen atoms in total. The van der Waals surface area contributed by atoms with E-state index in [2.05, 4.69) is 10.3 Å². The van der Waals surface area contributed by atoms with Crippen LogP contribution in [-0.4, -0.2) is 62.8 Å². The van der Waals surface area contributed by atoms with E-state index in [0.29, 0.717) is 52.9 Å². The van der Waals surface area contributed by atoms with Crippen molar-refractivity contribution in [2.75, 3.05) is 25.5 Å². The van der Waals surface area contributed by atoms with Crippen molar-refractivity contribution in [3.63, 3.8) is 0 Å². The van der Waals surface area contributed by atoms with E-state index < -0.39 is 28.6 Å². The molecule has 0 saturated carbocycles. The number of halogens is 1. The number of carboxylic acid groups (broad SMARTS) is 1. The minimum Gasteiger partial charge on any atom is -0.603 e. The minimum atomic E-state index is -1.32. The van der Waals surface area contributed by atoms with Crippen LogP contribution in [0.3, 0.4) is 0 Å². The second-order valence-electron chi connectivity index (χ2n) is 12.3. The molecule has 3 atom stereocenters. The van der Waals surface area contributed by atoms with Gasteiger partial charge >= 0.3 is 12.0 Å². The Hall–Kier alpha value is -5.49. The molecule has 49 heavy (non-hydrogen) atoms. The molecular weight excluding hydrogens is 625 g/mol. The highest BCUT2D eigenvalue weighted by Crippen LogP contribution is 2.34. The van der Waals surface area contributed by atoms with Crippen LogP contribution in [0, 0.1) is 11.0 Å². The smallest absolute Gasteiger partial charge is 0.407 e. The van der Waals surface area contributed by atoms with Crippen LogP contribution in [0.5, 0.6) is 0 Å². The molecule has 3 amide bonds. The third kappa shape index (κ3) is 6.91. The van der Waals surface area contributed by atoms with Gasteiger partial charge in [0, 0.05) is 42.6 Å². The van der Waals surface area contributed by atoms with Crippen LogP contribution in [-0.2, 0) is 6.54 Å². The first kappa shape index (κ1) is 33.4. The van der Waals surface area contributed by atoms with Crippen LogP contribution in [0.25, 0.3) is 10.9 Å². The van der Waals surface area contributed by atoms with Gasteiger partial charge in [0.25, 0.3) is 5.91 Å². The summed E-state index contributed by atoms with van der Waals surface area (Å²) in [4.78, 5) is 45.0. The Morgan fingerprint density at radius 2 is 1.71 bits per heavy atom. The Kier molecular flexibility index (Phi) is 9.50. The van der Waals surface area contributed by atoms with E-state index in [0.717, 1.165) is 5.56 Å². The van der Waals surface area contributed by atoms with E-state index in [1.165, 1.54) is 22.0 Å². The number of rotatable bonds is 9. The number of aromatic nitrogens is 1. The highest BCUT2D eigenvalue weighted by molar-refractivity contribution is 6.05. The summed E-state index contributed by atoms with van der Waals surface area (Å²) in [7, 11) is 1.58. The number of quaternary nitrogens is 1. The fourth-order valence-electron chi connectivity index (χ4n) is 6.46. The number of nitrogens with zero attached hydrogens (tertiary/aromatic N) is 4. The summed E-state index contributed by atoms with van der Waals surface area (Å²) in [6, 6.07) is 29.5. The van der Waals surface area contributed by atoms with Crippen molar-refractivity contribution in [2.24, 2.45) is 0 Å². The highest BCUT2D eigenvalue weighted by Gasteiger charge is 2.40. The molecule has 0 radical (unpaired) electrons. The molecule has 3 unspecified atom stereocenters. The zero-order valence-corrected chi connectivity index (χ0v) is 27.1. The zero-order chi connectivity index (χ0) is 34.7. The molecule has 5 aromatic rings. The maximum atomic E-state index is 14.8. The van der Waals surface area contributed by atoms with E-state index in [4.69, 9.17) is 0 Å². The lowest BCUT2D eigenvalue weighted by atomic mass is 9.93. The van der Waals surface area contributed by atoms with Gasteiger partial charge in [0.15, 0.2) is 0 Å². The summed E-state index contributed by atoms with van der Waals surface area (Å²) in [5, 5.41) is 29.1. The number of anilines is 1. The SMILES string of the molecule is CC(c1ccccc1)[N+]([O-])(C(=O)c1ccc2nc(NC(=O)c3ccccc3C3CCN(C(=O)O)C3)ccc2c1)N(C)Cc1ccc(F)cc1. The maximum absolute atomic E-state index is 14.8. The first-order valence-electron chi connectivity index (χ1n) is 16.0. The predicted molar refractivity (Wildman–Crippen MR) is 184 cm³/mol. The van der Waals surface area contributed by atoms with Gasteiger partial charge in [0.1, 0.15) is 17.7 Å². The highest BCUT2D eigenvalue weighted by atomic mass is 19.1. The molecule has 11 heteroatoms. The van der Waals surface area contributed by atoms with Crippen molar-refractivity contribution < 1.29 is 28.6 Å². The molecular formula is C38H36FN5O5. The number of pyridine rings is 1. The molecule has 4 aromatic carbocycles. The third-order valence-corrected chi connectivity index (χ3v) is 9.21. The molecule has 2 N–H and O–H groups in total. The summed E-state index contributed by atoms with van der Waals surface area (Å²) < 4.78 is 12.3. The Morgan fingerprint density at radius 1 is 1.00 bits per heavy atom. The van der Waals surface area contributed by atoms with E-state index in [1.54, 1.807) is 68.6 Å². The van der Waals surface area contributed by atoms with Gasteiger partial charge in [-0.25, -0.2) is 23.7 Å². The number of nitrogens with one attached hydrogen (secondary N) is 1. The molecule has 1 aliphatic rings. The molecule has 1 fully saturated rings. The molecule has 0 bridgehead atoms. The normalized spacial score (nSPS) is 16.3. The number of fused-ring (bicyclic) bond motifs is 1. The Labute approximate surface area is 283 Å². The predicted octanol–water partition coefficient (Wildman–Crippen LogP) is 7.36. The zero-order valence-electron chi connectivity index (χ0n) is 27.1. The maximum Gasteiger partial charge on any atom is 0.407 e. The van der Waals surface area contributed by atoms with Crippen molar-refractivity contribution in [1.29, 1.82) is 0 Å². The van der Waals surface area contributed by atoms with Crippen LogP contribution < -0.4 is 5.32 Å². The first-order chi connectivity index (χ1) is 23.5. The van der Waals surface area contributed by atoms with Crippen LogP contribution in [0.15, 0.2) is 109 Å². The summed E-state index contributed by atoms with van der Waals surface area (Å²) in [5.41, 5.74) is 3.30. The fourth-order valence-corrected chi connectivity index (χ4v) is 6.46. The number of benzene rings is 4. The number of likely N-dealkylation sites (tertiary alicyclic amines) is 1. The summed E-state index contributed by atoms with van der Waals surface area (Å²) >= 11 is 0. The van der Waals surface area contributed by atoms with Crippen LogP contribution in [0.1, 0.15) is 62.7 Å². The number of hydroxylamine groups is 2. The molecule has 250 valence electrons. The average Bonchev–Trinajstić information content (AvgIpc) is 3.63. The van der Waals surface area contributed by atoms with E-state index >= 15 is 0 Å². The van der Waals surface area contributed by atoms with Crippen molar-refractivity contribution in [1.82, 2.24) is 14.9 Å². The lowest BCUT2D eigenvalue weighted by Gasteiger charge is -2.49. The molecule has 2 heterocycles. The van der Waals surface area contributed by atoms with Gasteiger partial charge in [-0.15, -0.1) is 5.01 Å². The van der Waals surface area contributed by atoms with Crippen molar-refractivity contribution >= 4 is 34.6 Å². The Balaban J connectivity index is 1.25. The number of carbonyl (C=O) groups is 3. The lowest BCUT2D eigenvalue weighted by molar-refractivity contribution is -0.947.